The number of ether oxygens (including phenoxy) is 1. The van der Waals surface area contributed by atoms with Crippen molar-refractivity contribution in [2.75, 3.05) is 5.32 Å². The van der Waals surface area contributed by atoms with Gasteiger partial charge < -0.3 is 4.74 Å². The van der Waals surface area contributed by atoms with Crippen molar-refractivity contribution in [1.82, 2.24) is 14.3 Å². The molecule has 0 bridgehead atoms. The van der Waals surface area contributed by atoms with Gasteiger partial charge in [0.2, 0.25) is 11.8 Å². The molecule has 28 heavy (non-hydrogen) atoms. The number of halogens is 1. The van der Waals surface area contributed by atoms with Crippen LogP contribution < -0.4 is 10.1 Å². The van der Waals surface area contributed by atoms with Crippen LogP contribution in [-0.2, 0) is 0 Å². The third kappa shape index (κ3) is 4.16. The molecular weight excluding hydrogens is 396 g/mol. The van der Waals surface area contributed by atoms with Crippen molar-refractivity contribution in [2.45, 2.75) is 0 Å². The molecule has 138 valence electrons. The number of pyridine rings is 1. The van der Waals surface area contributed by atoms with Crippen molar-refractivity contribution in [3.05, 3.63) is 83.5 Å². The number of anilines is 1. The van der Waals surface area contributed by atoms with Gasteiger partial charge in [-0.15, -0.1) is 0 Å². The number of rotatable bonds is 5. The molecule has 2 heterocycles. The topological polar surface area (TPSA) is 77.0 Å². The standard InChI is InChI=1S/C20H13ClN4O2S/c21-16-9-2-1-8-15(16)19-24-20(25-28-19)23-18(26)13-6-5-7-14(12-13)27-17-10-3-4-11-22-17/h1-12H,(H,23,25,26). The number of carbonyl (C=O) groups is 1. The fraction of sp³-hybridized carbons (Fsp3) is 0. The summed E-state index contributed by atoms with van der Waals surface area (Å²) >= 11 is 7.35. The highest BCUT2D eigenvalue weighted by Crippen LogP contribution is 2.29. The van der Waals surface area contributed by atoms with Crippen molar-refractivity contribution >= 4 is 35.0 Å². The van der Waals surface area contributed by atoms with Crippen LogP contribution >= 0.6 is 23.1 Å². The van der Waals surface area contributed by atoms with Gasteiger partial charge in [0, 0.05) is 23.4 Å². The van der Waals surface area contributed by atoms with Gasteiger partial charge in [0.15, 0.2) is 0 Å². The Morgan fingerprint density at radius 1 is 1.04 bits per heavy atom. The molecular formula is C20H13ClN4O2S. The number of hydrogen-bond acceptors (Lipinski definition) is 6. The summed E-state index contributed by atoms with van der Waals surface area (Å²) in [5, 5.41) is 3.91. The first kappa shape index (κ1) is 18.1. The zero-order chi connectivity index (χ0) is 19.3. The number of nitrogens with one attached hydrogen (secondary N) is 1. The molecule has 8 heteroatoms. The molecule has 0 fully saturated rings. The van der Waals surface area contributed by atoms with Gasteiger partial charge in [0.05, 0.1) is 5.02 Å². The molecule has 1 amide bonds. The predicted molar refractivity (Wildman–Crippen MR) is 109 cm³/mol. The maximum Gasteiger partial charge on any atom is 0.258 e. The maximum atomic E-state index is 12.5. The Kier molecular flexibility index (Phi) is 5.27. The Hall–Kier alpha value is -3.29. The quantitative estimate of drug-likeness (QED) is 0.485. The van der Waals surface area contributed by atoms with Crippen molar-refractivity contribution in [2.24, 2.45) is 0 Å². The Bertz CT molecular complexity index is 1120. The van der Waals surface area contributed by atoms with E-state index >= 15 is 0 Å². The maximum absolute atomic E-state index is 12.5. The minimum atomic E-state index is -0.338. The van der Waals surface area contributed by atoms with E-state index in [4.69, 9.17) is 16.3 Å². The lowest BCUT2D eigenvalue weighted by Gasteiger charge is -2.06. The molecule has 0 aliphatic heterocycles. The molecule has 0 unspecified atom stereocenters. The Morgan fingerprint density at radius 3 is 2.71 bits per heavy atom. The van der Waals surface area contributed by atoms with Crippen LogP contribution in [0.25, 0.3) is 10.6 Å². The second kappa shape index (κ2) is 8.16. The molecule has 2 aromatic carbocycles. The molecule has 0 atom stereocenters. The van der Waals surface area contributed by atoms with Gasteiger partial charge in [-0.3, -0.25) is 10.1 Å². The van der Waals surface area contributed by atoms with Gasteiger partial charge in [0.1, 0.15) is 10.8 Å². The lowest BCUT2D eigenvalue weighted by Crippen LogP contribution is -2.12. The first-order chi connectivity index (χ1) is 13.7. The van der Waals surface area contributed by atoms with Crippen molar-refractivity contribution in [3.8, 4) is 22.2 Å². The molecule has 0 saturated heterocycles. The van der Waals surface area contributed by atoms with Crippen molar-refractivity contribution in [1.29, 1.82) is 0 Å². The van der Waals surface area contributed by atoms with Crippen LogP contribution in [0.2, 0.25) is 5.02 Å². The Labute approximate surface area is 170 Å². The van der Waals surface area contributed by atoms with E-state index in [0.717, 1.165) is 5.56 Å². The van der Waals surface area contributed by atoms with Gasteiger partial charge in [0.25, 0.3) is 5.91 Å². The SMILES string of the molecule is O=C(Nc1nsc(-c2ccccc2Cl)n1)c1cccc(Oc2ccccn2)c1. The molecule has 0 saturated carbocycles. The molecule has 0 spiro atoms. The molecule has 0 aliphatic carbocycles. The normalized spacial score (nSPS) is 10.5. The number of carbonyl (C=O) groups excluding carboxylic acids is 1. The van der Waals surface area contributed by atoms with E-state index in [1.54, 1.807) is 48.7 Å². The highest BCUT2D eigenvalue weighted by Gasteiger charge is 2.13. The van der Waals surface area contributed by atoms with Crippen LogP contribution in [0.4, 0.5) is 5.95 Å². The van der Waals surface area contributed by atoms with Gasteiger partial charge in [-0.25, -0.2) is 4.98 Å². The second-order valence-corrected chi connectivity index (χ2v) is 6.81. The van der Waals surface area contributed by atoms with Crippen molar-refractivity contribution in [3.63, 3.8) is 0 Å². The van der Waals surface area contributed by atoms with Crippen LogP contribution in [-0.4, -0.2) is 20.2 Å². The number of benzene rings is 2. The average Bonchev–Trinajstić information content (AvgIpc) is 3.17. The molecule has 0 aliphatic rings. The smallest absolute Gasteiger partial charge is 0.258 e. The third-order valence-corrected chi connectivity index (χ3v) is 4.79. The van der Waals surface area contributed by atoms with Crippen LogP contribution in [0.15, 0.2) is 72.9 Å². The fourth-order valence-corrected chi connectivity index (χ4v) is 3.37. The summed E-state index contributed by atoms with van der Waals surface area (Å²) in [7, 11) is 0. The van der Waals surface area contributed by atoms with E-state index < -0.39 is 0 Å². The van der Waals surface area contributed by atoms with Crippen LogP contribution in [0.1, 0.15) is 10.4 Å². The van der Waals surface area contributed by atoms with Gasteiger partial charge in [-0.1, -0.05) is 41.9 Å². The largest absolute Gasteiger partial charge is 0.439 e. The van der Waals surface area contributed by atoms with Gasteiger partial charge >= 0.3 is 0 Å². The summed E-state index contributed by atoms with van der Waals surface area (Å²) < 4.78 is 9.85. The summed E-state index contributed by atoms with van der Waals surface area (Å²) in [4.78, 5) is 21.0. The fourth-order valence-electron chi connectivity index (χ4n) is 2.42. The zero-order valence-electron chi connectivity index (χ0n) is 14.4. The summed E-state index contributed by atoms with van der Waals surface area (Å²) in [5.41, 5.74) is 1.19. The molecule has 6 nitrogen and oxygen atoms in total. The number of hydrogen-bond donors (Lipinski definition) is 1. The van der Waals surface area contributed by atoms with Crippen LogP contribution in [0.5, 0.6) is 11.6 Å². The second-order valence-electron chi connectivity index (χ2n) is 5.65. The van der Waals surface area contributed by atoms with E-state index in [-0.39, 0.29) is 11.9 Å². The zero-order valence-corrected chi connectivity index (χ0v) is 15.9. The number of nitrogens with zero attached hydrogens (tertiary/aromatic N) is 3. The molecule has 4 aromatic rings. The summed E-state index contributed by atoms with van der Waals surface area (Å²) in [6.07, 6.45) is 1.64. The Balaban J connectivity index is 1.49. The third-order valence-electron chi connectivity index (χ3n) is 3.71. The lowest BCUT2D eigenvalue weighted by molar-refractivity contribution is 0.102. The summed E-state index contributed by atoms with van der Waals surface area (Å²) in [6.45, 7) is 0. The van der Waals surface area contributed by atoms with Crippen molar-refractivity contribution < 1.29 is 9.53 Å². The van der Waals surface area contributed by atoms with E-state index in [2.05, 4.69) is 19.7 Å². The van der Waals surface area contributed by atoms with E-state index in [1.807, 2.05) is 24.3 Å². The molecule has 0 radical (unpaired) electrons. The van der Waals surface area contributed by atoms with Crippen LogP contribution in [0, 0.1) is 0 Å². The van der Waals surface area contributed by atoms with Gasteiger partial charge in [-0.2, -0.15) is 9.36 Å². The van der Waals surface area contributed by atoms with E-state index in [1.165, 1.54) is 11.5 Å². The minimum Gasteiger partial charge on any atom is -0.439 e. The molecule has 4 rings (SSSR count). The first-order valence-corrected chi connectivity index (χ1v) is 9.43. The highest BCUT2D eigenvalue weighted by atomic mass is 35.5. The first-order valence-electron chi connectivity index (χ1n) is 8.28. The summed E-state index contributed by atoms with van der Waals surface area (Å²) in [5.74, 6) is 0.843. The Morgan fingerprint density at radius 2 is 1.89 bits per heavy atom. The van der Waals surface area contributed by atoms with Crippen LogP contribution in [0.3, 0.4) is 0 Å². The molecule has 1 N–H and O–H groups in total. The van der Waals surface area contributed by atoms with E-state index in [9.17, 15) is 4.79 Å². The number of amides is 1. The van der Waals surface area contributed by atoms with Gasteiger partial charge in [-0.05, 0) is 41.9 Å². The highest BCUT2D eigenvalue weighted by molar-refractivity contribution is 7.09. The molecule has 2 aromatic heterocycles. The summed E-state index contributed by atoms with van der Waals surface area (Å²) in [6, 6.07) is 19.5. The van der Waals surface area contributed by atoms with E-state index in [0.29, 0.717) is 27.2 Å². The monoisotopic (exact) mass is 408 g/mol. The minimum absolute atomic E-state index is 0.223. The average molecular weight is 409 g/mol. The number of aromatic nitrogens is 3. The predicted octanol–water partition coefficient (Wildman–Crippen LogP) is 5.30. The lowest BCUT2D eigenvalue weighted by atomic mass is 10.2.